The van der Waals surface area contributed by atoms with Crippen molar-refractivity contribution in [1.82, 2.24) is 19.8 Å². The molecule has 0 radical (unpaired) electrons. The second-order valence-electron chi connectivity index (χ2n) is 7.45. The largest absolute Gasteiger partial charge is 0.297 e. The van der Waals surface area contributed by atoms with Crippen molar-refractivity contribution >= 4 is 11.9 Å². The highest BCUT2D eigenvalue weighted by Gasteiger charge is 2.26. The van der Waals surface area contributed by atoms with E-state index in [-0.39, 0.29) is 11.9 Å². The molecule has 6 heteroatoms. The van der Waals surface area contributed by atoms with Crippen LogP contribution in [0.15, 0.2) is 42.7 Å². The molecule has 1 aromatic heterocycles. The fourth-order valence-electron chi connectivity index (χ4n) is 3.32. The van der Waals surface area contributed by atoms with Crippen LogP contribution in [0.2, 0.25) is 0 Å². The summed E-state index contributed by atoms with van der Waals surface area (Å²) in [5.74, 6) is 0.869. The maximum atomic E-state index is 12.4. The van der Waals surface area contributed by atoms with Crippen LogP contribution in [0.4, 0.5) is 5.95 Å². The SMILES string of the molecule is CC(C)c1ccc(CN2CCN([C@H](C)C(=O)Nc3ncccn3)CC2)cc1. The Balaban J connectivity index is 1.47. The van der Waals surface area contributed by atoms with Gasteiger partial charge in [-0.1, -0.05) is 38.1 Å². The van der Waals surface area contributed by atoms with Crippen LogP contribution < -0.4 is 5.32 Å². The molecule has 1 atom stereocenters. The Labute approximate surface area is 161 Å². The summed E-state index contributed by atoms with van der Waals surface area (Å²) in [6, 6.07) is 10.5. The lowest BCUT2D eigenvalue weighted by Gasteiger charge is -2.37. The maximum absolute atomic E-state index is 12.4. The quantitative estimate of drug-likeness (QED) is 0.851. The number of hydrogen-bond acceptors (Lipinski definition) is 5. The number of carbonyl (C=O) groups is 1. The molecule has 6 nitrogen and oxygen atoms in total. The van der Waals surface area contributed by atoms with Crippen molar-refractivity contribution < 1.29 is 4.79 Å². The molecule has 0 spiro atoms. The van der Waals surface area contributed by atoms with Crippen LogP contribution in [-0.4, -0.2) is 57.9 Å². The minimum atomic E-state index is -0.193. The molecule has 1 fully saturated rings. The number of benzene rings is 1. The fourth-order valence-corrected chi connectivity index (χ4v) is 3.32. The molecule has 1 saturated heterocycles. The Hall–Kier alpha value is -2.31. The lowest BCUT2D eigenvalue weighted by Crippen LogP contribution is -2.52. The van der Waals surface area contributed by atoms with Crippen molar-refractivity contribution in [2.45, 2.75) is 39.3 Å². The third-order valence-corrected chi connectivity index (χ3v) is 5.19. The third kappa shape index (κ3) is 5.34. The van der Waals surface area contributed by atoms with Crippen molar-refractivity contribution in [3.05, 3.63) is 53.9 Å². The van der Waals surface area contributed by atoms with Gasteiger partial charge in [0.1, 0.15) is 0 Å². The Morgan fingerprint density at radius 2 is 1.67 bits per heavy atom. The number of piperazine rings is 1. The summed E-state index contributed by atoms with van der Waals surface area (Å²) < 4.78 is 0. The number of aromatic nitrogens is 2. The molecule has 27 heavy (non-hydrogen) atoms. The molecular formula is C21H29N5O. The fraction of sp³-hybridized carbons (Fsp3) is 0.476. The zero-order chi connectivity index (χ0) is 19.2. The van der Waals surface area contributed by atoms with Crippen molar-refractivity contribution in [2.75, 3.05) is 31.5 Å². The van der Waals surface area contributed by atoms with E-state index in [4.69, 9.17) is 0 Å². The van der Waals surface area contributed by atoms with Crippen LogP contribution in [0, 0.1) is 0 Å². The van der Waals surface area contributed by atoms with E-state index in [2.05, 4.69) is 63.2 Å². The van der Waals surface area contributed by atoms with Crippen molar-refractivity contribution in [3.8, 4) is 0 Å². The summed E-state index contributed by atoms with van der Waals surface area (Å²) >= 11 is 0. The Bertz CT molecular complexity index is 724. The van der Waals surface area contributed by atoms with Gasteiger partial charge in [-0.05, 0) is 30.0 Å². The number of nitrogens with zero attached hydrogens (tertiary/aromatic N) is 4. The van der Waals surface area contributed by atoms with Gasteiger partial charge >= 0.3 is 0 Å². The van der Waals surface area contributed by atoms with Gasteiger partial charge in [0.25, 0.3) is 0 Å². The number of anilines is 1. The van der Waals surface area contributed by atoms with Gasteiger partial charge in [0, 0.05) is 45.1 Å². The van der Waals surface area contributed by atoms with E-state index in [9.17, 15) is 4.79 Å². The number of carbonyl (C=O) groups excluding carboxylic acids is 1. The monoisotopic (exact) mass is 367 g/mol. The Morgan fingerprint density at radius 3 is 2.26 bits per heavy atom. The summed E-state index contributed by atoms with van der Waals surface area (Å²) in [5, 5.41) is 2.79. The summed E-state index contributed by atoms with van der Waals surface area (Å²) in [5.41, 5.74) is 2.73. The molecule has 0 unspecified atom stereocenters. The van der Waals surface area contributed by atoms with Crippen LogP contribution in [0.3, 0.4) is 0 Å². The molecule has 1 N–H and O–H groups in total. The molecule has 1 amide bonds. The predicted octanol–water partition coefficient (Wildman–Crippen LogP) is 2.74. The van der Waals surface area contributed by atoms with E-state index in [1.807, 2.05) is 6.92 Å². The van der Waals surface area contributed by atoms with Crippen LogP contribution in [0.1, 0.15) is 37.8 Å². The lowest BCUT2D eigenvalue weighted by atomic mass is 10.0. The zero-order valence-corrected chi connectivity index (χ0v) is 16.4. The minimum absolute atomic E-state index is 0.0566. The van der Waals surface area contributed by atoms with Gasteiger partial charge in [0.15, 0.2) is 0 Å². The molecule has 0 aliphatic carbocycles. The molecule has 2 aromatic rings. The van der Waals surface area contributed by atoms with Crippen LogP contribution in [0.5, 0.6) is 0 Å². The van der Waals surface area contributed by atoms with E-state index >= 15 is 0 Å². The van der Waals surface area contributed by atoms with Crippen LogP contribution >= 0.6 is 0 Å². The van der Waals surface area contributed by atoms with Crippen molar-refractivity contribution in [1.29, 1.82) is 0 Å². The zero-order valence-electron chi connectivity index (χ0n) is 16.4. The molecule has 1 aliphatic rings. The minimum Gasteiger partial charge on any atom is -0.297 e. The number of amides is 1. The van der Waals surface area contributed by atoms with Gasteiger partial charge in [0.05, 0.1) is 6.04 Å². The first kappa shape index (κ1) is 19.5. The smallest absolute Gasteiger partial charge is 0.243 e. The lowest BCUT2D eigenvalue weighted by molar-refractivity contribution is -0.121. The van der Waals surface area contributed by atoms with Crippen molar-refractivity contribution in [3.63, 3.8) is 0 Å². The molecule has 1 aliphatic heterocycles. The van der Waals surface area contributed by atoms with E-state index < -0.39 is 0 Å². The molecule has 2 heterocycles. The maximum Gasteiger partial charge on any atom is 0.243 e. The normalized spacial score (nSPS) is 17.0. The highest BCUT2D eigenvalue weighted by molar-refractivity contribution is 5.93. The second kappa shape index (κ2) is 9.06. The molecule has 3 rings (SSSR count). The molecule has 0 bridgehead atoms. The summed E-state index contributed by atoms with van der Waals surface area (Å²) in [7, 11) is 0. The second-order valence-corrected chi connectivity index (χ2v) is 7.45. The van der Waals surface area contributed by atoms with Gasteiger partial charge in [-0.2, -0.15) is 0 Å². The van der Waals surface area contributed by atoms with E-state index in [0.717, 1.165) is 32.7 Å². The van der Waals surface area contributed by atoms with Gasteiger partial charge in [0.2, 0.25) is 11.9 Å². The topological polar surface area (TPSA) is 61.4 Å². The summed E-state index contributed by atoms with van der Waals surface area (Å²) in [6.07, 6.45) is 3.25. The summed E-state index contributed by atoms with van der Waals surface area (Å²) in [4.78, 5) is 25.2. The standard InChI is InChI=1S/C21H29N5O/c1-16(2)19-7-5-18(6-8-19)15-25-11-13-26(14-12-25)17(3)20(27)24-21-22-9-4-10-23-21/h4-10,16-17H,11-15H2,1-3H3,(H,22,23,24,27)/t17-/m1/s1. The number of hydrogen-bond donors (Lipinski definition) is 1. The van der Waals surface area contributed by atoms with E-state index in [0.29, 0.717) is 11.9 Å². The van der Waals surface area contributed by atoms with E-state index in [1.54, 1.807) is 18.5 Å². The molecular weight excluding hydrogens is 338 g/mol. The molecule has 144 valence electrons. The van der Waals surface area contributed by atoms with Gasteiger partial charge in [-0.15, -0.1) is 0 Å². The van der Waals surface area contributed by atoms with Gasteiger partial charge < -0.3 is 0 Å². The molecule has 1 aromatic carbocycles. The number of rotatable bonds is 6. The average molecular weight is 367 g/mol. The van der Waals surface area contributed by atoms with E-state index in [1.165, 1.54) is 11.1 Å². The van der Waals surface area contributed by atoms with Crippen LogP contribution in [-0.2, 0) is 11.3 Å². The number of nitrogens with one attached hydrogen (secondary N) is 1. The Kier molecular flexibility index (Phi) is 6.53. The Morgan fingerprint density at radius 1 is 1.04 bits per heavy atom. The van der Waals surface area contributed by atoms with Gasteiger partial charge in [-0.25, -0.2) is 9.97 Å². The predicted molar refractivity (Wildman–Crippen MR) is 108 cm³/mol. The van der Waals surface area contributed by atoms with Crippen LogP contribution in [0.25, 0.3) is 0 Å². The highest BCUT2D eigenvalue weighted by atomic mass is 16.2. The molecule has 0 saturated carbocycles. The first-order chi connectivity index (χ1) is 13.0. The van der Waals surface area contributed by atoms with Gasteiger partial charge in [-0.3, -0.25) is 19.9 Å². The first-order valence-corrected chi connectivity index (χ1v) is 9.66. The van der Waals surface area contributed by atoms with Crippen molar-refractivity contribution in [2.24, 2.45) is 0 Å². The first-order valence-electron chi connectivity index (χ1n) is 9.66. The average Bonchev–Trinajstić information content (AvgIpc) is 2.69. The highest BCUT2D eigenvalue weighted by Crippen LogP contribution is 2.17. The summed E-state index contributed by atoms with van der Waals surface area (Å²) in [6.45, 7) is 11.0. The third-order valence-electron chi connectivity index (χ3n) is 5.19.